The minimum atomic E-state index is 0.00942. The van der Waals surface area contributed by atoms with Crippen molar-refractivity contribution in [3.05, 3.63) is 46.6 Å². The summed E-state index contributed by atoms with van der Waals surface area (Å²) in [7, 11) is 0. The van der Waals surface area contributed by atoms with E-state index in [1.54, 1.807) is 29.7 Å². The van der Waals surface area contributed by atoms with Gasteiger partial charge in [0.15, 0.2) is 5.78 Å². The molecular weight excluding hydrogens is 348 g/mol. The highest BCUT2D eigenvalue weighted by atomic mass is 16.1. The molecule has 0 amide bonds. The maximum Gasteiger partial charge on any atom is 0.178 e. The Morgan fingerprint density at radius 1 is 1.21 bits per heavy atom. The van der Waals surface area contributed by atoms with Gasteiger partial charge in [0.2, 0.25) is 0 Å². The Morgan fingerprint density at radius 3 is 2.46 bits per heavy atom. The summed E-state index contributed by atoms with van der Waals surface area (Å²) in [6, 6.07) is 0. The molecule has 0 spiro atoms. The fraction of sp³-hybridized carbons (Fsp3) is 0.560. The van der Waals surface area contributed by atoms with Crippen molar-refractivity contribution in [1.29, 1.82) is 0 Å². The van der Waals surface area contributed by atoms with E-state index in [1.807, 2.05) is 19.8 Å². The third-order valence-corrected chi connectivity index (χ3v) is 7.30. The standard InChI is InChI=1S/C20H24O.C4H8O.CH2O/c1-13-4-7-17-16-6-5-14-12-15(21)8-10-20(14,3)18(16)9-11-19(13,17)2;1-3-4(2)5;1-2/h7-8,10,12-13H,4-6,9,11H2,1-3H3;3H2,1-2H3;1H2. The molecular formula is C25H34O3. The van der Waals surface area contributed by atoms with Crippen molar-refractivity contribution in [2.75, 3.05) is 0 Å². The number of rotatable bonds is 1. The molecule has 0 aromatic heterocycles. The molecule has 4 rings (SSSR count). The second-order valence-electron chi connectivity index (χ2n) is 8.79. The Labute approximate surface area is 169 Å². The topological polar surface area (TPSA) is 51.2 Å². The summed E-state index contributed by atoms with van der Waals surface area (Å²) in [5.74, 6) is 1.20. The number of ketones is 2. The van der Waals surface area contributed by atoms with E-state index in [0.717, 1.165) is 18.8 Å². The highest BCUT2D eigenvalue weighted by molar-refractivity contribution is 6.01. The monoisotopic (exact) mass is 382 g/mol. The van der Waals surface area contributed by atoms with E-state index in [9.17, 15) is 9.59 Å². The minimum Gasteiger partial charge on any atom is -0.307 e. The van der Waals surface area contributed by atoms with Crippen LogP contribution in [0.15, 0.2) is 46.6 Å². The first kappa shape index (κ1) is 22.3. The zero-order valence-electron chi connectivity index (χ0n) is 18.1. The Morgan fingerprint density at radius 2 is 1.86 bits per heavy atom. The first-order chi connectivity index (χ1) is 13.2. The Kier molecular flexibility index (Phi) is 6.80. The van der Waals surface area contributed by atoms with Crippen LogP contribution in [-0.2, 0) is 14.4 Å². The van der Waals surface area contributed by atoms with E-state index >= 15 is 0 Å². The molecule has 4 aliphatic carbocycles. The maximum atomic E-state index is 11.7. The predicted octanol–water partition coefficient (Wildman–Crippen LogP) is 5.72. The Bertz CT molecular complexity index is 780. The van der Waals surface area contributed by atoms with Gasteiger partial charge in [-0.2, -0.15) is 0 Å². The number of fused-ring (bicyclic) bond motifs is 4. The lowest BCUT2D eigenvalue weighted by Crippen LogP contribution is -2.36. The van der Waals surface area contributed by atoms with Crippen LogP contribution in [0.3, 0.4) is 0 Å². The van der Waals surface area contributed by atoms with Crippen LogP contribution in [-0.4, -0.2) is 18.4 Å². The summed E-state index contributed by atoms with van der Waals surface area (Å²) in [5.41, 5.74) is 6.61. The molecule has 0 saturated heterocycles. The van der Waals surface area contributed by atoms with E-state index in [-0.39, 0.29) is 17.0 Å². The molecule has 152 valence electrons. The average molecular weight is 383 g/mol. The second-order valence-corrected chi connectivity index (χ2v) is 8.79. The first-order valence-corrected chi connectivity index (χ1v) is 10.4. The van der Waals surface area contributed by atoms with Gasteiger partial charge in [0.05, 0.1) is 0 Å². The average Bonchev–Trinajstić information content (AvgIpc) is 2.99. The molecule has 3 atom stereocenters. The number of carbonyl (C=O) groups excluding carboxylic acids is 3. The SMILES string of the molecule is C=O.CC1CC=C2C3=C(CCC21C)C1(C)C=CC(=O)C=C1CC3.CCC(C)=O. The third kappa shape index (κ3) is 3.76. The molecule has 3 heteroatoms. The quantitative estimate of drug-likeness (QED) is 0.583. The van der Waals surface area contributed by atoms with E-state index in [0.29, 0.717) is 11.8 Å². The van der Waals surface area contributed by atoms with Crippen LogP contribution < -0.4 is 0 Å². The normalized spacial score (nSPS) is 32.5. The number of allylic oxidation sites excluding steroid dienone is 8. The summed E-state index contributed by atoms with van der Waals surface area (Å²) >= 11 is 0. The zero-order valence-corrected chi connectivity index (χ0v) is 18.1. The van der Waals surface area contributed by atoms with Gasteiger partial charge in [-0.05, 0) is 80.6 Å². The number of hydrogen-bond acceptors (Lipinski definition) is 3. The summed E-state index contributed by atoms with van der Waals surface area (Å²) < 4.78 is 0. The smallest absolute Gasteiger partial charge is 0.178 e. The predicted molar refractivity (Wildman–Crippen MR) is 114 cm³/mol. The van der Waals surface area contributed by atoms with Crippen LogP contribution >= 0.6 is 0 Å². The lowest BCUT2D eigenvalue weighted by Gasteiger charge is -2.48. The molecule has 28 heavy (non-hydrogen) atoms. The summed E-state index contributed by atoms with van der Waals surface area (Å²) in [6.07, 6.45) is 14.9. The van der Waals surface area contributed by atoms with Crippen molar-refractivity contribution in [2.24, 2.45) is 16.7 Å². The Balaban J connectivity index is 0.000000352. The molecule has 0 aliphatic heterocycles. The molecule has 0 aromatic carbocycles. The van der Waals surface area contributed by atoms with Crippen molar-refractivity contribution < 1.29 is 14.4 Å². The van der Waals surface area contributed by atoms with Crippen LogP contribution in [0.1, 0.15) is 73.1 Å². The molecule has 0 fully saturated rings. The van der Waals surface area contributed by atoms with Gasteiger partial charge in [-0.15, -0.1) is 0 Å². The number of Topliss-reactive ketones (excluding diaryl/α,β-unsaturated/α-hetero) is 1. The number of hydrogen-bond donors (Lipinski definition) is 0. The molecule has 0 heterocycles. The maximum absolute atomic E-state index is 11.7. The highest BCUT2D eigenvalue weighted by Crippen LogP contribution is 2.61. The van der Waals surface area contributed by atoms with Crippen molar-refractivity contribution in [1.82, 2.24) is 0 Å². The fourth-order valence-corrected chi connectivity index (χ4v) is 5.07. The largest absolute Gasteiger partial charge is 0.307 e. The van der Waals surface area contributed by atoms with Gasteiger partial charge in [-0.3, -0.25) is 4.79 Å². The van der Waals surface area contributed by atoms with Gasteiger partial charge in [0.25, 0.3) is 0 Å². The highest BCUT2D eigenvalue weighted by Gasteiger charge is 2.48. The summed E-state index contributed by atoms with van der Waals surface area (Å²) in [6.45, 7) is 12.6. The minimum absolute atomic E-state index is 0.00942. The van der Waals surface area contributed by atoms with Crippen LogP contribution in [0.25, 0.3) is 0 Å². The lowest BCUT2D eigenvalue weighted by atomic mass is 9.56. The van der Waals surface area contributed by atoms with Gasteiger partial charge in [-0.25, -0.2) is 0 Å². The van der Waals surface area contributed by atoms with Crippen molar-refractivity contribution >= 4 is 18.4 Å². The molecule has 0 radical (unpaired) electrons. The molecule has 0 aromatic rings. The molecule has 3 nitrogen and oxygen atoms in total. The molecule has 0 bridgehead atoms. The van der Waals surface area contributed by atoms with Crippen LogP contribution in [0, 0.1) is 16.7 Å². The second kappa shape index (κ2) is 8.55. The van der Waals surface area contributed by atoms with E-state index < -0.39 is 0 Å². The number of carbonyl (C=O) groups is 3. The first-order valence-electron chi connectivity index (χ1n) is 10.4. The van der Waals surface area contributed by atoms with Crippen molar-refractivity contribution in [2.45, 2.75) is 73.1 Å². The van der Waals surface area contributed by atoms with Gasteiger partial charge in [0.1, 0.15) is 12.6 Å². The van der Waals surface area contributed by atoms with Crippen LogP contribution in [0.5, 0.6) is 0 Å². The Hall–Kier alpha value is -2.03. The van der Waals surface area contributed by atoms with E-state index in [4.69, 9.17) is 4.79 Å². The van der Waals surface area contributed by atoms with Gasteiger partial charge in [0, 0.05) is 11.8 Å². The fourth-order valence-electron chi connectivity index (χ4n) is 5.07. The van der Waals surface area contributed by atoms with E-state index in [1.165, 1.54) is 24.8 Å². The summed E-state index contributed by atoms with van der Waals surface area (Å²) in [5, 5.41) is 0. The molecule has 4 aliphatic rings. The van der Waals surface area contributed by atoms with Gasteiger partial charge < -0.3 is 9.59 Å². The molecule has 0 N–H and O–H groups in total. The van der Waals surface area contributed by atoms with E-state index in [2.05, 4.69) is 32.9 Å². The van der Waals surface area contributed by atoms with Crippen molar-refractivity contribution in [3.63, 3.8) is 0 Å². The summed E-state index contributed by atoms with van der Waals surface area (Å²) in [4.78, 5) is 29.5. The van der Waals surface area contributed by atoms with Crippen LogP contribution in [0.4, 0.5) is 0 Å². The van der Waals surface area contributed by atoms with Gasteiger partial charge in [-0.1, -0.05) is 44.1 Å². The van der Waals surface area contributed by atoms with Crippen LogP contribution in [0.2, 0.25) is 0 Å². The van der Waals surface area contributed by atoms with Crippen molar-refractivity contribution in [3.8, 4) is 0 Å². The molecule has 0 saturated carbocycles. The third-order valence-electron chi connectivity index (χ3n) is 7.30. The van der Waals surface area contributed by atoms with Gasteiger partial charge >= 0.3 is 0 Å². The molecule has 3 unspecified atom stereocenters. The zero-order chi connectivity index (χ0) is 21.1. The lowest BCUT2D eigenvalue weighted by molar-refractivity contribution is -0.116.